The fourth-order valence-electron chi connectivity index (χ4n) is 4.73. The molecule has 2 fully saturated rings. The molecule has 2 saturated heterocycles. The van der Waals surface area contributed by atoms with E-state index in [2.05, 4.69) is 10.3 Å². The molecule has 5 rings (SSSR count). The Bertz CT molecular complexity index is 1120. The van der Waals surface area contributed by atoms with Crippen molar-refractivity contribution in [2.45, 2.75) is 42.9 Å². The maximum Gasteiger partial charge on any atom is 0.236 e. The van der Waals surface area contributed by atoms with E-state index in [0.29, 0.717) is 13.0 Å². The third-order valence-electron chi connectivity index (χ3n) is 6.21. The molecule has 2 aromatic heterocycles. The van der Waals surface area contributed by atoms with Crippen molar-refractivity contribution < 1.29 is 37.4 Å². The van der Waals surface area contributed by atoms with Gasteiger partial charge in [-0.2, -0.15) is 4.57 Å². The Morgan fingerprint density at radius 2 is 1.88 bits per heavy atom. The van der Waals surface area contributed by atoms with Crippen LogP contribution >= 0.6 is 0 Å². The molecule has 0 saturated carbocycles. The maximum atomic E-state index is 13.8. The number of aromatic nitrogens is 4. The van der Waals surface area contributed by atoms with Crippen molar-refractivity contribution in [2.24, 2.45) is 0 Å². The fraction of sp³-hybridized carbons (Fsp3) is 0.409. The molecule has 2 aliphatic rings. The summed E-state index contributed by atoms with van der Waals surface area (Å²) in [6.45, 7) is -0.00745. The van der Waals surface area contributed by atoms with Gasteiger partial charge >= 0.3 is 0 Å². The molecular weight excluding hydrogens is 441 g/mol. The highest BCUT2D eigenvalue weighted by Gasteiger charge is 2.62. The van der Waals surface area contributed by atoms with Gasteiger partial charge in [0, 0.05) is 24.1 Å². The molecule has 5 atom stereocenters. The number of rotatable bonds is 4. The molecule has 8 nitrogen and oxygen atoms in total. The first-order valence-corrected chi connectivity index (χ1v) is 10.6. The topological polar surface area (TPSA) is 93.5 Å². The second-order valence-corrected chi connectivity index (χ2v) is 8.19. The molecule has 2 aliphatic heterocycles. The SMILES string of the molecule is OC[C@H]1O[C@@]2(CCCO2)[C@H]([n+]2ccccc2)[C@H](n2cc(-c3cc(F)c(F)c(F)c3)nn2)[C@H]1O. The van der Waals surface area contributed by atoms with Crippen molar-refractivity contribution in [3.05, 3.63) is 66.4 Å². The van der Waals surface area contributed by atoms with Gasteiger partial charge in [0.1, 0.15) is 23.9 Å². The van der Waals surface area contributed by atoms with E-state index in [1.165, 1.54) is 10.9 Å². The molecule has 174 valence electrons. The van der Waals surface area contributed by atoms with Crippen LogP contribution in [0.15, 0.2) is 48.9 Å². The zero-order chi connectivity index (χ0) is 23.2. The second-order valence-electron chi connectivity index (χ2n) is 8.19. The third-order valence-corrected chi connectivity index (χ3v) is 6.21. The lowest BCUT2D eigenvalue weighted by molar-refractivity contribution is -0.759. The largest absolute Gasteiger partial charge is 0.394 e. The lowest BCUT2D eigenvalue weighted by Gasteiger charge is -2.46. The van der Waals surface area contributed by atoms with Gasteiger partial charge in [0.05, 0.1) is 19.4 Å². The predicted molar refractivity (Wildman–Crippen MR) is 106 cm³/mol. The summed E-state index contributed by atoms with van der Waals surface area (Å²) >= 11 is 0. The maximum absolute atomic E-state index is 13.8. The lowest BCUT2D eigenvalue weighted by atomic mass is 9.86. The highest BCUT2D eigenvalue weighted by molar-refractivity contribution is 5.57. The standard InChI is InChI=1S/C22H22F3N4O4/c23-14-9-13(10-15(24)18(14)25)16-11-29(27-26-16)19-20(31)17(12-30)33-22(5-4-8-32-22)21(19)28-6-2-1-3-7-28/h1-3,6-7,9-11,17,19-21,30-31H,4-5,8,12H2/q+1/t17-,19-,20+,21-,22+/m1/s1. The van der Waals surface area contributed by atoms with Gasteiger partial charge in [-0.3, -0.25) is 0 Å². The Kier molecular flexibility index (Phi) is 5.65. The van der Waals surface area contributed by atoms with Crippen LogP contribution in [0.3, 0.4) is 0 Å². The summed E-state index contributed by atoms with van der Waals surface area (Å²) in [5, 5.41) is 29.1. The number of nitrogens with zero attached hydrogens (tertiary/aromatic N) is 4. The average molecular weight is 463 g/mol. The van der Waals surface area contributed by atoms with Crippen molar-refractivity contribution in [3.8, 4) is 11.3 Å². The average Bonchev–Trinajstić information content (AvgIpc) is 3.49. The summed E-state index contributed by atoms with van der Waals surface area (Å²) in [5.41, 5.74) is 0.0823. The summed E-state index contributed by atoms with van der Waals surface area (Å²) in [6, 6.07) is 5.73. The Hall–Kier alpha value is -2.86. The Morgan fingerprint density at radius 1 is 1.15 bits per heavy atom. The van der Waals surface area contributed by atoms with Gasteiger partial charge < -0.3 is 19.7 Å². The van der Waals surface area contributed by atoms with E-state index in [4.69, 9.17) is 9.47 Å². The molecule has 2 N–H and O–H groups in total. The molecule has 0 radical (unpaired) electrons. The number of aliphatic hydroxyl groups excluding tert-OH is 2. The lowest BCUT2D eigenvalue weighted by Crippen LogP contribution is -2.66. The summed E-state index contributed by atoms with van der Waals surface area (Å²) in [7, 11) is 0. The molecule has 4 heterocycles. The van der Waals surface area contributed by atoms with Crippen LogP contribution in [0.25, 0.3) is 11.3 Å². The number of halogens is 3. The minimum atomic E-state index is -1.57. The zero-order valence-electron chi connectivity index (χ0n) is 17.4. The Balaban J connectivity index is 1.61. The van der Waals surface area contributed by atoms with E-state index < -0.39 is 54.1 Å². The van der Waals surface area contributed by atoms with Crippen molar-refractivity contribution >= 4 is 0 Å². The second kappa shape index (κ2) is 8.49. The number of pyridine rings is 1. The van der Waals surface area contributed by atoms with Crippen LogP contribution in [0.2, 0.25) is 0 Å². The first-order chi connectivity index (χ1) is 15.9. The molecule has 0 aliphatic carbocycles. The molecule has 1 spiro atoms. The highest BCUT2D eigenvalue weighted by Crippen LogP contribution is 2.47. The van der Waals surface area contributed by atoms with Crippen LogP contribution in [0.4, 0.5) is 13.2 Å². The van der Waals surface area contributed by atoms with E-state index >= 15 is 0 Å². The van der Waals surface area contributed by atoms with E-state index in [1.807, 2.05) is 22.8 Å². The zero-order valence-corrected chi connectivity index (χ0v) is 17.4. The van der Waals surface area contributed by atoms with Crippen LogP contribution in [0.5, 0.6) is 0 Å². The van der Waals surface area contributed by atoms with Crippen LogP contribution < -0.4 is 4.57 Å². The summed E-state index contributed by atoms with van der Waals surface area (Å²) in [4.78, 5) is 0. The van der Waals surface area contributed by atoms with Crippen molar-refractivity contribution in [3.63, 3.8) is 0 Å². The number of benzene rings is 1. The van der Waals surface area contributed by atoms with E-state index in [0.717, 1.165) is 18.6 Å². The first kappa shape index (κ1) is 22.0. The third kappa shape index (κ3) is 3.70. The van der Waals surface area contributed by atoms with Crippen molar-refractivity contribution in [2.75, 3.05) is 13.2 Å². The number of hydrogen-bond acceptors (Lipinski definition) is 6. The molecule has 0 bridgehead atoms. The first-order valence-electron chi connectivity index (χ1n) is 10.6. The van der Waals surface area contributed by atoms with Gasteiger partial charge in [0.2, 0.25) is 11.8 Å². The van der Waals surface area contributed by atoms with Crippen molar-refractivity contribution in [1.29, 1.82) is 0 Å². The summed E-state index contributed by atoms with van der Waals surface area (Å²) in [5.74, 6) is -5.40. The number of hydrogen-bond donors (Lipinski definition) is 2. The molecule has 0 unspecified atom stereocenters. The predicted octanol–water partition coefficient (Wildman–Crippen LogP) is 1.69. The van der Waals surface area contributed by atoms with Gasteiger partial charge in [-0.1, -0.05) is 11.3 Å². The molecule has 3 aromatic rings. The molecule has 33 heavy (non-hydrogen) atoms. The monoisotopic (exact) mass is 463 g/mol. The minimum Gasteiger partial charge on any atom is -0.394 e. The van der Waals surface area contributed by atoms with Crippen molar-refractivity contribution in [1.82, 2.24) is 15.0 Å². The van der Waals surface area contributed by atoms with Gasteiger partial charge in [-0.05, 0) is 18.6 Å². The van der Waals surface area contributed by atoms with E-state index in [9.17, 15) is 23.4 Å². The van der Waals surface area contributed by atoms with Crippen LogP contribution in [-0.2, 0) is 9.47 Å². The minimum absolute atomic E-state index is 0.00588. The van der Waals surface area contributed by atoms with Crippen LogP contribution in [0.1, 0.15) is 24.9 Å². The summed E-state index contributed by atoms with van der Waals surface area (Å²) < 4.78 is 56.3. The van der Waals surface area contributed by atoms with E-state index in [1.54, 1.807) is 12.4 Å². The van der Waals surface area contributed by atoms with Gasteiger partial charge in [-0.25, -0.2) is 17.9 Å². The van der Waals surface area contributed by atoms with Crippen LogP contribution in [0, 0.1) is 17.5 Å². The number of ether oxygens (including phenoxy) is 2. The molecule has 1 aromatic carbocycles. The Morgan fingerprint density at radius 3 is 2.52 bits per heavy atom. The normalized spacial score (nSPS) is 29.6. The van der Waals surface area contributed by atoms with Gasteiger partial charge in [0.15, 0.2) is 29.8 Å². The number of aliphatic hydroxyl groups is 2. The highest BCUT2D eigenvalue weighted by atomic mass is 19.2. The fourth-order valence-corrected chi connectivity index (χ4v) is 4.73. The molecular formula is C22H22F3N4O4+. The van der Waals surface area contributed by atoms with Crippen LogP contribution in [-0.4, -0.2) is 56.4 Å². The summed E-state index contributed by atoms with van der Waals surface area (Å²) in [6.07, 6.45) is 4.11. The van der Waals surface area contributed by atoms with E-state index in [-0.39, 0.29) is 11.3 Å². The quantitative estimate of drug-likeness (QED) is 0.452. The molecule has 11 heteroatoms. The van der Waals surface area contributed by atoms with Gasteiger partial charge in [0.25, 0.3) is 0 Å². The molecule has 0 amide bonds. The smallest absolute Gasteiger partial charge is 0.236 e. The van der Waals surface area contributed by atoms with Gasteiger partial charge in [-0.15, -0.1) is 5.10 Å². The Labute approximate surface area is 186 Å².